The van der Waals surface area contributed by atoms with Crippen molar-refractivity contribution < 1.29 is 19.8 Å². The molecule has 0 bridgehead atoms. The lowest BCUT2D eigenvalue weighted by Gasteiger charge is -2.41. The number of rotatable bonds is 3. The normalized spacial score (nSPS) is 24.4. The highest BCUT2D eigenvalue weighted by Crippen LogP contribution is 2.31. The van der Waals surface area contributed by atoms with Crippen LogP contribution in [0, 0.1) is 11.3 Å². The number of amides is 2. The Morgan fingerprint density at radius 1 is 1.25 bits per heavy atom. The summed E-state index contributed by atoms with van der Waals surface area (Å²) in [7, 11) is 0. The highest BCUT2D eigenvalue weighted by molar-refractivity contribution is 5.79. The summed E-state index contributed by atoms with van der Waals surface area (Å²) in [5.74, 6) is -0.780. The zero-order valence-corrected chi connectivity index (χ0v) is 12.9. The number of urea groups is 1. The molecule has 2 amide bonds. The van der Waals surface area contributed by atoms with Crippen LogP contribution in [-0.4, -0.2) is 51.8 Å². The summed E-state index contributed by atoms with van der Waals surface area (Å²) < 4.78 is 0. The van der Waals surface area contributed by atoms with Gasteiger partial charge in [0.1, 0.15) is 0 Å². The van der Waals surface area contributed by atoms with Crippen molar-refractivity contribution in [2.45, 2.75) is 52.7 Å². The molecule has 6 heteroatoms. The van der Waals surface area contributed by atoms with Gasteiger partial charge in [0, 0.05) is 13.1 Å². The third kappa shape index (κ3) is 3.23. The number of carboxylic acids is 1. The third-order valence-corrected chi connectivity index (χ3v) is 4.72. The molecule has 6 nitrogen and oxygen atoms in total. The van der Waals surface area contributed by atoms with Crippen LogP contribution < -0.4 is 5.32 Å². The first-order chi connectivity index (χ1) is 8.99. The number of aliphatic hydroxyl groups is 1. The molecule has 0 aliphatic carbocycles. The number of carbonyl (C=O) groups excluding carboxylic acids is 1. The van der Waals surface area contributed by atoms with E-state index in [0.717, 1.165) is 6.42 Å². The van der Waals surface area contributed by atoms with Crippen LogP contribution in [0.15, 0.2) is 0 Å². The van der Waals surface area contributed by atoms with E-state index in [1.165, 1.54) is 0 Å². The van der Waals surface area contributed by atoms with Gasteiger partial charge in [0.15, 0.2) is 0 Å². The molecule has 3 N–H and O–H groups in total. The smallest absolute Gasteiger partial charge is 0.317 e. The van der Waals surface area contributed by atoms with Gasteiger partial charge >= 0.3 is 12.0 Å². The van der Waals surface area contributed by atoms with Gasteiger partial charge in [-0.2, -0.15) is 0 Å². The monoisotopic (exact) mass is 286 g/mol. The minimum atomic E-state index is -1.09. The lowest BCUT2D eigenvalue weighted by molar-refractivity contribution is -0.150. The van der Waals surface area contributed by atoms with Crippen molar-refractivity contribution in [3.63, 3.8) is 0 Å². The average molecular weight is 286 g/mol. The van der Waals surface area contributed by atoms with Gasteiger partial charge < -0.3 is 20.4 Å². The summed E-state index contributed by atoms with van der Waals surface area (Å²) in [5, 5.41) is 21.9. The van der Waals surface area contributed by atoms with E-state index < -0.39 is 23.0 Å². The van der Waals surface area contributed by atoms with E-state index in [2.05, 4.69) is 5.32 Å². The second-order valence-electron chi connectivity index (χ2n) is 6.76. The molecule has 0 saturated carbocycles. The molecule has 1 aliphatic rings. The fraction of sp³-hybridized carbons (Fsp3) is 0.857. The molecule has 1 saturated heterocycles. The molecule has 1 rings (SSSR count). The Morgan fingerprint density at radius 3 is 2.25 bits per heavy atom. The summed E-state index contributed by atoms with van der Waals surface area (Å²) in [5.41, 5.74) is -1.99. The summed E-state index contributed by atoms with van der Waals surface area (Å²) in [6, 6.07) is -0.324. The number of carbonyl (C=O) groups is 2. The van der Waals surface area contributed by atoms with E-state index in [9.17, 15) is 19.8 Å². The lowest BCUT2D eigenvalue weighted by atomic mass is 9.74. The van der Waals surface area contributed by atoms with E-state index in [-0.39, 0.29) is 18.5 Å². The van der Waals surface area contributed by atoms with E-state index >= 15 is 0 Å². The van der Waals surface area contributed by atoms with E-state index in [0.29, 0.717) is 6.54 Å². The molecule has 2 atom stereocenters. The van der Waals surface area contributed by atoms with Crippen LogP contribution in [0.25, 0.3) is 0 Å². The zero-order chi connectivity index (χ0) is 15.7. The number of β-amino-alcohol motifs (C(OH)–C–C–N with tert-alkyl or cyclic N) is 1. The largest absolute Gasteiger partial charge is 0.481 e. The summed E-state index contributed by atoms with van der Waals surface area (Å²) in [6.45, 7) is 9.39. The van der Waals surface area contributed by atoms with Crippen molar-refractivity contribution in [2.24, 2.45) is 11.3 Å². The van der Waals surface area contributed by atoms with E-state index in [4.69, 9.17) is 0 Å². The highest BCUT2D eigenvalue weighted by Gasteiger charge is 2.45. The van der Waals surface area contributed by atoms with Crippen LogP contribution in [0.1, 0.15) is 41.0 Å². The van der Waals surface area contributed by atoms with Crippen molar-refractivity contribution in [1.82, 2.24) is 10.2 Å². The van der Waals surface area contributed by atoms with Crippen LogP contribution in [0.2, 0.25) is 0 Å². The number of carboxylic acid groups (broad SMARTS) is 1. The number of nitrogens with one attached hydrogen (secondary N) is 1. The Morgan fingerprint density at radius 2 is 1.80 bits per heavy atom. The zero-order valence-electron chi connectivity index (χ0n) is 12.9. The molecule has 0 aromatic carbocycles. The number of nitrogens with zero attached hydrogens (tertiary/aromatic N) is 1. The molecular weight excluding hydrogens is 260 g/mol. The standard InChI is InChI=1S/C14H26N2O4/c1-9-6-7-16(8-10(9)17)12(20)15-14(4,5)13(2,3)11(18)19/h9-10,17H,6-8H2,1-5H3,(H,15,20)(H,18,19). The number of hydrogen-bond donors (Lipinski definition) is 3. The molecule has 0 aromatic heterocycles. The second-order valence-corrected chi connectivity index (χ2v) is 6.76. The second kappa shape index (κ2) is 5.60. The molecule has 1 aliphatic heterocycles. The van der Waals surface area contributed by atoms with Crippen LogP contribution in [0.4, 0.5) is 4.79 Å². The minimum absolute atomic E-state index is 0.183. The Balaban J connectivity index is 2.73. The van der Waals surface area contributed by atoms with Crippen molar-refractivity contribution >= 4 is 12.0 Å². The van der Waals surface area contributed by atoms with Gasteiger partial charge in [-0.05, 0) is 40.0 Å². The number of piperidine rings is 1. The van der Waals surface area contributed by atoms with Crippen LogP contribution in [0.3, 0.4) is 0 Å². The maximum atomic E-state index is 12.2. The van der Waals surface area contributed by atoms with Crippen molar-refractivity contribution in [1.29, 1.82) is 0 Å². The Hall–Kier alpha value is -1.30. The van der Waals surface area contributed by atoms with Gasteiger partial charge in [-0.15, -0.1) is 0 Å². The minimum Gasteiger partial charge on any atom is -0.481 e. The van der Waals surface area contributed by atoms with Gasteiger partial charge in [0.05, 0.1) is 17.1 Å². The summed E-state index contributed by atoms with van der Waals surface area (Å²) in [6.07, 6.45) is 0.224. The number of aliphatic hydroxyl groups excluding tert-OH is 1. The van der Waals surface area contributed by atoms with Gasteiger partial charge in [-0.3, -0.25) is 4.79 Å². The maximum absolute atomic E-state index is 12.2. The van der Waals surface area contributed by atoms with E-state index in [1.54, 1.807) is 32.6 Å². The molecule has 20 heavy (non-hydrogen) atoms. The fourth-order valence-corrected chi connectivity index (χ4v) is 2.00. The van der Waals surface area contributed by atoms with Gasteiger partial charge in [0.2, 0.25) is 0 Å². The number of aliphatic carboxylic acids is 1. The third-order valence-electron chi connectivity index (χ3n) is 4.72. The summed E-state index contributed by atoms with van der Waals surface area (Å²) in [4.78, 5) is 25.1. The topological polar surface area (TPSA) is 89.9 Å². The first-order valence-electron chi connectivity index (χ1n) is 6.97. The Kier molecular flexibility index (Phi) is 4.69. The lowest BCUT2D eigenvalue weighted by Crippen LogP contribution is -2.61. The quantitative estimate of drug-likeness (QED) is 0.729. The first-order valence-corrected chi connectivity index (χ1v) is 6.97. The predicted octanol–water partition coefficient (Wildman–Crippen LogP) is 1.29. The van der Waals surface area contributed by atoms with E-state index in [1.807, 2.05) is 6.92 Å². The van der Waals surface area contributed by atoms with Crippen LogP contribution in [0.5, 0.6) is 0 Å². The van der Waals surface area contributed by atoms with Gasteiger partial charge in [-0.25, -0.2) is 4.79 Å². The molecule has 0 aromatic rings. The average Bonchev–Trinajstić information content (AvgIpc) is 2.31. The molecule has 116 valence electrons. The fourth-order valence-electron chi connectivity index (χ4n) is 2.00. The SMILES string of the molecule is CC1CCN(C(=O)NC(C)(C)C(C)(C)C(=O)O)CC1O. The van der Waals surface area contributed by atoms with Crippen LogP contribution >= 0.6 is 0 Å². The molecule has 1 fully saturated rings. The van der Waals surface area contributed by atoms with Gasteiger partial charge in [-0.1, -0.05) is 6.92 Å². The van der Waals surface area contributed by atoms with Crippen molar-refractivity contribution in [3.05, 3.63) is 0 Å². The molecule has 1 heterocycles. The number of hydrogen-bond acceptors (Lipinski definition) is 3. The molecule has 0 radical (unpaired) electrons. The molecule has 0 spiro atoms. The van der Waals surface area contributed by atoms with Gasteiger partial charge in [0.25, 0.3) is 0 Å². The number of likely N-dealkylation sites (tertiary alicyclic amines) is 1. The predicted molar refractivity (Wildman–Crippen MR) is 75.4 cm³/mol. The first kappa shape index (κ1) is 16.8. The Bertz CT molecular complexity index is 393. The maximum Gasteiger partial charge on any atom is 0.317 e. The highest BCUT2D eigenvalue weighted by atomic mass is 16.4. The Labute approximate surface area is 120 Å². The van der Waals surface area contributed by atoms with Crippen LogP contribution in [-0.2, 0) is 4.79 Å². The molecular formula is C14H26N2O4. The van der Waals surface area contributed by atoms with Crippen molar-refractivity contribution in [2.75, 3.05) is 13.1 Å². The molecule has 2 unspecified atom stereocenters. The summed E-state index contributed by atoms with van der Waals surface area (Å²) >= 11 is 0. The van der Waals surface area contributed by atoms with Crippen molar-refractivity contribution in [3.8, 4) is 0 Å².